The molecule has 1 saturated heterocycles. The van der Waals surface area contributed by atoms with E-state index in [2.05, 4.69) is 6.92 Å². The molecule has 0 bridgehead atoms. The van der Waals surface area contributed by atoms with Gasteiger partial charge in [-0.15, -0.1) is 0 Å². The van der Waals surface area contributed by atoms with Gasteiger partial charge in [-0.3, -0.25) is 0 Å². The number of hydrogen-bond acceptors (Lipinski definition) is 3. The Morgan fingerprint density at radius 1 is 1.20 bits per heavy atom. The van der Waals surface area contributed by atoms with Gasteiger partial charge in [0, 0.05) is 0 Å². The van der Waals surface area contributed by atoms with Gasteiger partial charge >= 0.3 is 0 Å². The Morgan fingerprint density at radius 3 is 2.27 bits per heavy atom. The monoisotopic (exact) mass is 232 g/mol. The highest BCUT2D eigenvalue weighted by Gasteiger charge is 2.46. The van der Waals surface area contributed by atoms with Crippen LogP contribution >= 0.6 is 0 Å². The van der Waals surface area contributed by atoms with Crippen LogP contribution in [-0.4, -0.2) is 30.6 Å². The molecule has 0 radical (unpaired) electrons. The largest absolute Gasteiger partial charge is 0.389 e. The van der Waals surface area contributed by atoms with E-state index in [1.54, 1.807) is 0 Å². The quantitative estimate of drug-likeness (QED) is 0.742. The Hall–Kier alpha value is -0.0900. The molecular weight excluding hydrogens is 212 g/mol. The number of hydrogen-bond donors (Lipinski definition) is 1. The fraction of sp³-hybridized carbons (Fsp3) is 1.00. The van der Waals surface area contributed by atoms with Crippen molar-refractivity contribution in [3.63, 3.8) is 0 Å². The highest BCUT2D eigenvalue weighted by molar-refractivity contribution is 7.91. The lowest BCUT2D eigenvalue weighted by Gasteiger charge is -2.36. The van der Waals surface area contributed by atoms with E-state index < -0.39 is 15.4 Å². The van der Waals surface area contributed by atoms with E-state index in [9.17, 15) is 13.5 Å². The fourth-order valence-electron chi connectivity index (χ4n) is 2.98. The first-order valence-corrected chi connectivity index (χ1v) is 7.66. The van der Waals surface area contributed by atoms with Gasteiger partial charge in [-0.05, 0) is 31.1 Å². The third-order valence-corrected chi connectivity index (χ3v) is 5.86. The summed E-state index contributed by atoms with van der Waals surface area (Å²) in [6.45, 7) is 2.23. The van der Waals surface area contributed by atoms with Crippen molar-refractivity contribution in [3.05, 3.63) is 0 Å². The summed E-state index contributed by atoms with van der Waals surface area (Å²) in [4.78, 5) is 0. The number of aliphatic hydroxyl groups is 1. The highest BCUT2D eigenvalue weighted by atomic mass is 32.2. The molecular formula is C11H20O3S. The van der Waals surface area contributed by atoms with E-state index in [0.717, 1.165) is 31.6 Å². The van der Waals surface area contributed by atoms with Crippen molar-refractivity contribution in [2.45, 2.75) is 44.6 Å². The SMILES string of the molecule is CC1CCC(C2(O)CCS(=O)(=O)C2)CC1. The van der Waals surface area contributed by atoms with Gasteiger partial charge < -0.3 is 5.11 Å². The van der Waals surface area contributed by atoms with Crippen LogP contribution in [-0.2, 0) is 9.84 Å². The second-order valence-corrected chi connectivity index (χ2v) is 7.59. The van der Waals surface area contributed by atoms with Gasteiger partial charge in [-0.2, -0.15) is 0 Å². The Balaban J connectivity index is 2.05. The van der Waals surface area contributed by atoms with Crippen LogP contribution in [0.3, 0.4) is 0 Å². The predicted molar refractivity (Wildman–Crippen MR) is 59.3 cm³/mol. The van der Waals surface area contributed by atoms with Gasteiger partial charge in [0.25, 0.3) is 0 Å². The van der Waals surface area contributed by atoms with Crippen LogP contribution in [0.4, 0.5) is 0 Å². The normalized spacial score (nSPS) is 45.5. The molecule has 3 nitrogen and oxygen atoms in total. The Kier molecular flexibility index (Phi) is 2.84. The molecule has 1 aliphatic heterocycles. The number of rotatable bonds is 1. The van der Waals surface area contributed by atoms with Crippen molar-refractivity contribution in [1.82, 2.24) is 0 Å². The van der Waals surface area contributed by atoms with Crippen molar-refractivity contribution >= 4 is 9.84 Å². The zero-order valence-electron chi connectivity index (χ0n) is 9.28. The van der Waals surface area contributed by atoms with E-state index in [4.69, 9.17) is 0 Å². The van der Waals surface area contributed by atoms with Gasteiger partial charge in [0.05, 0.1) is 17.1 Å². The van der Waals surface area contributed by atoms with Gasteiger partial charge in [-0.25, -0.2) is 8.42 Å². The molecule has 0 aromatic carbocycles. The molecule has 1 heterocycles. The van der Waals surface area contributed by atoms with E-state index in [1.807, 2.05) is 0 Å². The Labute approximate surface area is 91.8 Å². The first-order valence-electron chi connectivity index (χ1n) is 5.84. The Bertz CT molecular complexity index is 328. The van der Waals surface area contributed by atoms with Gasteiger partial charge in [0.2, 0.25) is 0 Å². The molecule has 4 heteroatoms. The number of sulfone groups is 1. The van der Waals surface area contributed by atoms with Crippen LogP contribution in [0, 0.1) is 11.8 Å². The smallest absolute Gasteiger partial charge is 0.153 e. The maximum absolute atomic E-state index is 11.4. The van der Waals surface area contributed by atoms with Crippen molar-refractivity contribution in [2.75, 3.05) is 11.5 Å². The lowest BCUT2D eigenvalue weighted by atomic mass is 9.74. The van der Waals surface area contributed by atoms with Crippen LogP contribution < -0.4 is 0 Å². The lowest BCUT2D eigenvalue weighted by Crippen LogP contribution is -2.40. The summed E-state index contributed by atoms with van der Waals surface area (Å²) in [7, 11) is -2.97. The zero-order chi connectivity index (χ0) is 11.1. The van der Waals surface area contributed by atoms with Crippen LogP contribution in [0.15, 0.2) is 0 Å². The van der Waals surface area contributed by atoms with E-state index in [0.29, 0.717) is 6.42 Å². The first kappa shape index (κ1) is 11.4. The molecule has 0 spiro atoms. The minimum atomic E-state index is -2.97. The average molecular weight is 232 g/mol. The van der Waals surface area contributed by atoms with Crippen molar-refractivity contribution in [3.8, 4) is 0 Å². The topological polar surface area (TPSA) is 54.4 Å². The van der Waals surface area contributed by atoms with Crippen molar-refractivity contribution in [1.29, 1.82) is 0 Å². The average Bonchev–Trinajstić information content (AvgIpc) is 2.43. The summed E-state index contributed by atoms with van der Waals surface area (Å²) in [6, 6.07) is 0. The first-order chi connectivity index (χ1) is 6.91. The van der Waals surface area contributed by atoms with Crippen LogP contribution in [0.5, 0.6) is 0 Å². The molecule has 1 aliphatic carbocycles. The molecule has 1 N–H and O–H groups in total. The summed E-state index contributed by atoms with van der Waals surface area (Å²) in [5, 5.41) is 10.4. The summed E-state index contributed by atoms with van der Waals surface area (Å²) < 4.78 is 22.8. The molecule has 0 aromatic rings. The maximum atomic E-state index is 11.4. The van der Waals surface area contributed by atoms with Gasteiger partial charge in [0.1, 0.15) is 0 Å². The highest BCUT2D eigenvalue weighted by Crippen LogP contribution is 2.40. The van der Waals surface area contributed by atoms with E-state index in [-0.39, 0.29) is 17.4 Å². The second-order valence-electron chi connectivity index (χ2n) is 5.40. The van der Waals surface area contributed by atoms with Crippen LogP contribution in [0.2, 0.25) is 0 Å². The molecule has 2 aliphatic rings. The molecule has 2 fully saturated rings. The van der Waals surface area contributed by atoms with Crippen LogP contribution in [0.1, 0.15) is 39.0 Å². The Morgan fingerprint density at radius 2 is 1.80 bits per heavy atom. The summed E-state index contributed by atoms with van der Waals surface area (Å²) in [5.74, 6) is 1.13. The van der Waals surface area contributed by atoms with Crippen molar-refractivity contribution in [2.24, 2.45) is 11.8 Å². The molecule has 0 amide bonds. The van der Waals surface area contributed by atoms with Crippen LogP contribution in [0.25, 0.3) is 0 Å². The van der Waals surface area contributed by atoms with E-state index >= 15 is 0 Å². The van der Waals surface area contributed by atoms with Gasteiger partial charge in [-0.1, -0.05) is 19.8 Å². The molecule has 88 valence electrons. The third-order valence-electron chi connectivity index (χ3n) is 4.09. The standard InChI is InChI=1S/C11H20O3S/c1-9-2-4-10(5-3-9)11(12)6-7-15(13,14)8-11/h9-10,12H,2-8H2,1H3. The van der Waals surface area contributed by atoms with E-state index in [1.165, 1.54) is 0 Å². The molecule has 1 unspecified atom stereocenters. The third kappa shape index (κ3) is 2.36. The molecule has 1 atom stereocenters. The van der Waals surface area contributed by atoms with Gasteiger partial charge in [0.15, 0.2) is 9.84 Å². The summed E-state index contributed by atoms with van der Waals surface area (Å²) >= 11 is 0. The van der Waals surface area contributed by atoms with Crippen molar-refractivity contribution < 1.29 is 13.5 Å². The molecule has 15 heavy (non-hydrogen) atoms. The summed E-state index contributed by atoms with van der Waals surface area (Å²) in [6.07, 6.45) is 4.70. The fourth-order valence-corrected chi connectivity index (χ4v) is 4.93. The lowest BCUT2D eigenvalue weighted by molar-refractivity contribution is -0.0146. The maximum Gasteiger partial charge on any atom is 0.153 e. The zero-order valence-corrected chi connectivity index (χ0v) is 10.1. The minimum Gasteiger partial charge on any atom is -0.389 e. The molecule has 1 saturated carbocycles. The molecule has 2 rings (SSSR count). The predicted octanol–water partition coefficient (Wildman–Crippen LogP) is 1.36. The summed E-state index contributed by atoms with van der Waals surface area (Å²) in [5.41, 5.74) is -0.904. The minimum absolute atomic E-state index is 0.000945. The second kappa shape index (κ2) is 3.74. The molecule has 0 aromatic heterocycles.